The Morgan fingerprint density at radius 1 is 1.39 bits per heavy atom. The highest BCUT2D eigenvalue weighted by Gasteiger charge is 2.03. The lowest BCUT2D eigenvalue weighted by molar-refractivity contribution is 0.161. The van der Waals surface area contributed by atoms with E-state index >= 15 is 0 Å². The van der Waals surface area contributed by atoms with Gasteiger partial charge in [-0.3, -0.25) is 0 Å². The van der Waals surface area contributed by atoms with Crippen LogP contribution in [0.4, 0.5) is 16.3 Å². The molecule has 2 rings (SSSR count). The number of nitrogens with two attached hydrogens (primary N) is 2. The molecule has 1 heterocycles. The second-order valence-electron chi connectivity index (χ2n) is 3.59. The molecular formula is C11H13N5O2. The molecule has 0 fully saturated rings. The molecule has 5 N–H and O–H groups in total. The Hall–Kier alpha value is -2.57. The molecule has 0 aliphatic heterocycles. The van der Waals surface area contributed by atoms with Crippen LogP contribution in [0.1, 0.15) is 0 Å². The minimum Gasteiger partial charge on any atom is -0.448 e. The quantitative estimate of drug-likeness (QED) is 0.541. The number of fused-ring (bicyclic) bond motifs is 1. The summed E-state index contributed by atoms with van der Waals surface area (Å²) >= 11 is 0. The first-order valence-corrected chi connectivity index (χ1v) is 5.33. The number of aromatic nitrogens is 2. The zero-order valence-corrected chi connectivity index (χ0v) is 9.59. The van der Waals surface area contributed by atoms with E-state index in [1.165, 1.54) is 6.33 Å². The van der Waals surface area contributed by atoms with E-state index in [0.717, 1.165) is 10.9 Å². The maximum Gasteiger partial charge on any atom is 0.404 e. The van der Waals surface area contributed by atoms with Crippen LogP contribution in [0.25, 0.3) is 10.9 Å². The molecule has 0 unspecified atom stereocenters. The van der Waals surface area contributed by atoms with Gasteiger partial charge in [0, 0.05) is 11.1 Å². The van der Waals surface area contributed by atoms with Gasteiger partial charge >= 0.3 is 6.09 Å². The van der Waals surface area contributed by atoms with Gasteiger partial charge in [0.15, 0.2) is 0 Å². The number of hydrogen-bond donors (Lipinski definition) is 3. The van der Waals surface area contributed by atoms with Gasteiger partial charge in [-0.15, -0.1) is 0 Å². The SMILES string of the molecule is NC(=O)OCCNc1ncnc2cc(N)ccc12. The van der Waals surface area contributed by atoms with Gasteiger partial charge in [-0.1, -0.05) is 0 Å². The third-order valence-corrected chi connectivity index (χ3v) is 2.30. The molecule has 0 spiro atoms. The second-order valence-corrected chi connectivity index (χ2v) is 3.59. The van der Waals surface area contributed by atoms with Crippen molar-refractivity contribution < 1.29 is 9.53 Å². The monoisotopic (exact) mass is 247 g/mol. The number of hydrogen-bond acceptors (Lipinski definition) is 6. The fourth-order valence-corrected chi connectivity index (χ4v) is 1.54. The molecule has 7 heteroatoms. The van der Waals surface area contributed by atoms with E-state index in [2.05, 4.69) is 20.0 Å². The van der Waals surface area contributed by atoms with Crippen molar-refractivity contribution in [1.29, 1.82) is 0 Å². The van der Waals surface area contributed by atoms with E-state index in [1.807, 2.05) is 6.07 Å². The van der Waals surface area contributed by atoms with Gasteiger partial charge in [0.2, 0.25) is 0 Å². The Bertz CT molecular complexity index is 572. The summed E-state index contributed by atoms with van der Waals surface area (Å²) in [5.41, 5.74) is 11.9. The average molecular weight is 247 g/mol. The number of nitrogens with zero attached hydrogens (tertiary/aromatic N) is 2. The number of anilines is 2. The first kappa shape index (κ1) is 11.9. The molecule has 1 aromatic heterocycles. The molecule has 0 saturated heterocycles. The van der Waals surface area contributed by atoms with Gasteiger partial charge in [0.1, 0.15) is 18.8 Å². The van der Waals surface area contributed by atoms with Crippen molar-refractivity contribution in [2.75, 3.05) is 24.2 Å². The number of nitrogen functional groups attached to an aromatic ring is 1. The Kier molecular flexibility index (Phi) is 3.42. The topological polar surface area (TPSA) is 116 Å². The Morgan fingerprint density at radius 2 is 2.22 bits per heavy atom. The first-order chi connectivity index (χ1) is 8.66. The maximum absolute atomic E-state index is 10.4. The number of rotatable bonds is 4. The van der Waals surface area contributed by atoms with E-state index in [-0.39, 0.29) is 6.61 Å². The third kappa shape index (κ3) is 2.76. The number of amides is 1. The molecule has 0 aliphatic rings. The fourth-order valence-electron chi connectivity index (χ4n) is 1.54. The largest absolute Gasteiger partial charge is 0.448 e. The van der Waals surface area contributed by atoms with Crippen molar-refractivity contribution in [3.8, 4) is 0 Å². The summed E-state index contributed by atoms with van der Waals surface area (Å²) in [7, 11) is 0. The molecule has 0 bridgehead atoms. The molecule has 1 amide bonds. The molecule has 0 atom stereocenters. The maximum atomic E-state index is 10.4. The summed E-state index contributed by atoms with van der Waals surface area (Å²) in [6.45, 7) is 0.592. The highest BCUT2D eigenvalue weighted by Crippen LogP contribution is 2.20. The molecule has 0 aliphatic carbocycles. The minimum atomic E-state index is -0.794. The van der Waals surface area contributed by atoms with Gasteiger partial charge < -0.3 is 21.5 Å². The van der Waals surface area contributed by atoms with Gasteiger partial charge in [0.25, 0.3) is 0 Å². The predicted molar refractivity (Wildman–Crippen MR) is 68.0 cm³/mol. The predicted octanol–water partition coefficient (Wildman–Crippen LogP) is 0.719. The van der Waals surface area contributed by atoms with Crippen molar-refractivity contribution in [2.45, 2.75) is 0 Å². The molecular weight excluding hydrogens is 234 g/mol. The highest BCUT2D eigenvalue weighted by molar-refractivity contribution is 5.90. The minimum absolute atomic E-state index is 0.176. The van der Waals surface area contributed by atoms with Crippen molar-refractivity contribution in [3.05, 3.63) is 24.5 Å². The van der Waals surface area contributed by atoms with E-state index in [1.54, 1.807) is 12.1 Å². The number of ether oxygens (including phenoxy) is 1. The standard InChI is InChI=1S/C11H13N5O2/c12-7-1-2-8-9(5-7)15-6-16-10(8)14-3-4-18-11(13)17/h1-2,5-6H,3-4,12H2,(H2,13,17)(H,14,15,16). The number of carbonyl (C=O) groups is 1. The van der Waals surface area contributed by atoms with Gasteiger partial charge in [-0.05, 0) is 18.2 Å². The van der Waals surface area contributed by atoms with Crippen LogP contribution in [0.2, 0.25) is 0 Å². The highest BCUT2D eigenvalue weighted by atomic mass is 16.5. The molecule has 7 nitrogen and oxygen atoms in total. The lowest BCUT2D eigenvalue weighted by Crippen LogP contribution is -2.18. The molecule has 1 aromatic carbocycles. The van der Waals surface area contributed by atoms with Crippen LogP contribution in [0.5, 0.6) is 0 Å². The smallest absolute Gasteiger partial charge is 0.404 e. The fraction of sp³-hybridized carbons (Fsp3) is 0.182. The van der Waals surface area contributed by atoms with E-state index in [0.29, 0.717) is 18.1 Å². The zero-order valence-electron chi connectivity index (χ0n) is 9.59. The van der Waals surface area contributed by atoms with Crippen LogP contribution in [-0.4, -0.2) is 29.2 Å². The summed E-state index contributed by atoms with van der Waals surface area (Å²) in [5, 5.41) is 3.89. The van der Waals surface area contributed by atoms with E-state index < -0.39 is 6.09 Å². The molecule has 2 aromatic rings. The van der Waals surface area contributed by atoms with Crippen molar-refractivity contribution in [1.82, 2.24) is 9.97 Å². The van der Waals surface area contributed by atoms with Crippen LogP contribution in [-0.2, 0) is 4.74 Å². The van der Waals surface area contributed by atoms with Crippen LogP contribution in [0.15, 0.2) is 24.5 Å². The van der Waals surface area contributed by atoms with Gasteiger partial charge in [0.05, 0.1) is 12.1 Å². The normalized spacial score (nSPS) is 10.2. The summed E-state index contributed by atoms with van der Waals surface area (Å²) in [4.78, 5) is 18.6. The summed E-state index contributed by atoms with van der Waals surface area (Å²) in [6, 6.07) is 5.38. The van der Waals surface area contributed by atoms with E-state index in [4.69, 9.17) is 11.5 Å². The molecule has 18 heavy (non-hydrogen) atoms. The van der Waals surface area contributed by atoms with Crippen LogP contribution in [0.3, 0.4) is 0 Å². The van der Waals surface area contributed by atoms with E-state index in [9.17, 15) is 4.79 Å². The van der Waals surface area contributed by atoms with Crippen molar-refractivity contribution >= 4 is 28.5 Å². The number of carbonyl (C=O) groups excluding carboxylic acids is 1. The lowest BCUT2D eigenvalue weighted by Gasteiger charge is -2.08. The average Bonchev–Trinajstić information content (AvgIpc) is 2.34. The van der Waals surface area contributed by atoms with Gasteiger partial charge in [-0.2, -0.15) is 0 Å². The van der Waals surface area contributed by atoms with Crippen LogP contribution < -0.4 is 16.8 Å². The van der Waals surface area contributed by atoms with Crippen molar-refractivity contribution in [2.24, 2.45) is 5.73 Å². The molecule has 94 valence electrons. The third-order valence-electron chi connectivity index (χ3n) is 2.30. The Morgan fingerprint density at radius 3 is 3.00 bits per heavy atom. The van der Waals surface area contributed by atoms with Crippen LogP contribution >= 0.6 is 0 Å². The van der Waals surface area contributed by atoms with Crippen LogP contribution in [0, 0.1) is 0 Å². The Balaban J connectivity index is 2.11. The summed E-state index contributed by atoms with van der Waals surface area (Å²) < 4.78 is 4.61. The van der Waals surface area contributed by atoms with Crippen molar-refractivity contribution in [3.63, 3.8) is 0 Å². The number of primary amides is 1. The first-order valence-electron chi connectivity index (χ1n) is 5.33. The number of nitrogens with one attached hydrogen (secondary N) is 1. The van der Waals surface area contributed by atoms with Gasteiger partial charge in [-0.25, -0.2) is 14.8 Å². The molecule has 0 radical (unpaired) electrons. The summed E-state index contributed by atoms with van der Waals surface area (Å²) in [6.07, 6.45) is 0.649. The number of benzene rings is 1. The Labute approximate surface area is 103 Å². The summed E-state index contributed by atoms with van der Waals surface area (Å²) in [5.74, 6) is 0.660. The second kappa shape index (κ2) is 5.17. The zero-order chi connectivity index (χ0) is 13.0. The molecule has 0 saturated carbocycles. The lowest BCUT2D eigenvalue weighted by atomic mass is 10.2.